The van der Waals surface area contributed by atoms with Crippen molar-refractivity contribution in [1.29, 1.82) is 0 Å². The van der Waals surface area contributed by atoms with Crippen LogP contribution in [0.2, 0.25) is 0 Å². The molecule has 152 valence electrons. The van der Waals surface area contributed by atoms with Crippen LogP contribution < -0.4 is 15.5 Å². The zero-order valence-electron chi connectivity index (χ0n) is 17.4. The number of nitrogens with one attached hydrogen (secondary N) is 2. The first-order valence-corrected chi connectivity index (χ1v) is 9.94. The summed E-state index contributed by atoms with van der Waals surface area (Å²) in [6, 6.07) is 18.5. The molecule has 29 heavy (non-hydrogen) atoms. The Morgan fingerprint density at radius 1 is 1.03 bits per heavy atom. The number of aromatic nitrogens is 1. The van der Waals surface area contributed by atoms with Gasteiger partial charge in [0.1, 0.15) is 12.0 Å². The molecule has 2 N–H and O–H groups in total. The number of hydrogen-bond acceptors (Lipinski definition) is 4. The van der Waals surface area contributed by atoms with Gasteiger partial charge in [-0.1, -0.05) is 30.3 Å². The maximum atomic E-state index is 5.58. The Morgan fingerprint density at radius 3 is 2.48 bits per heavy atom. The maximum Gasteiger partial charge on any atom is 0.226 e. The average Bonchev–Trinajstić information content (AvgIpc) is 3.22. The Balaban J connectivity index is 1.54. The minimum absolute atomic E-state index is 0.462. The molecule has 0 fully saturated rings. The van der Waals surface area contributed by atoms with E-state index in [0.29, 0.717) is 12.4 Å². The Hall–Kier alpha value is -3.28. The van der Waals surface area contributed by atoms with Gasteiger partial charge in [-0.2, -0.15) is 0 Å². The van der Waals surface area contributed by atoms with Crippen molar-refractivity contribution in [3.63, 3.8) is 0 Å². The van der Waals surface area contributed by atoms with E-state index in [2.05, 4.69) is 56.7 Å². The number of oxazole rings is 1. The summed E-state index contributed by atoms with van der Waals surface area (Å²) in [5.74, 6) is 1.40. The van der Waals surface area contributed by atoms with Crippen LogP contribution >= 0.6 is 0 Å². The highest BCUT2D eigenvalue weighted by Gasteiger charge is 2.06. The van der Waals surface area contributed by atoms with Crippen LogP contribution in [0.1, 0.15) is 18.2 Å². The molecule has 2 aromatic carbocycles. The van der Waals surface area contributed by atoms with Crippen LogP contribution in [0.15, 0.2) is 70.3 Å². The molecule has 0 radical (unpaired) electrons. The lowest BCUT2D eigenvalue weighted by Gasteiger charge is -2.13. The second kappa shape index (κ2) is 10.3. The zero-order valence-corrected chi connectivity index (χ0v) is 17.4. The van der Waals surface area contributed by atoms with Gasteiger partial charge < -0.3 is 20.0 Å². The van der Waals surface area contributed by atoms with Gasteiger partial charge in [0, 0.05) is 38.4 Å². The molecule has 0 spiro atoms. The maximum absolute atomic E-state index is 5.58. The highest BCUT2D eigenvalue weighted by atomic mass is 16.3. The van der Waals surface area contributed by atoms with Crippen LogP contribution in [0.25, 0.3) is 11.5 Å². The summed E-state index contributed by atoms with van der Waals surface area (Å²) in [4.78, 5) is 11.3. The van der Waals surface area contributed by atoms with Crippen LogP contribution in [-0.2, 0) is 13.0 Å². The van der Waals surface area contributed by atoms with E-state index in [1.165, 1.54) is 11.3 Å². The molecule has 0 amide bonds. The fraction of sp³-hybridized carbons (Fsp3) is 0.304. The van der Waals surface area contributed by atoms with Crippen molar-refractivity contribution in [3.05, 3.63) is 72.1 Å². The Kier molecular flexibility index (Phi) is 7.28. The lowest BCUT2D eigenvalue weighted by Crippen LogP contribution is -2.38. The van der Waals surface area contributed by atoms with Crippen molar-refractivity contribution in [2.45, 2.75) is 19.9 Å². The van der Waals surface area contributed by atoms with Crippen molar-refractivity contribution in [2.75, 3.05) is 32.1 Å². The number of anilines is 1. The fourth-order valence-electron chi connectivity index (χ4n) is 2.88. The van der Waals surface area contributed by atoms with Crippen LogP contribution in [0, 0.1) is 0 Å². The van der Waals surface area contributed by atoms with Gasteiger partial charge in [-0.15, -0.1) is 0 Å². The molecule has 6 nitrogen and oxygen atoms in total. The lowest BCUT2D eigenvalue weighted by atomic mass is 10.1. The predicted octanol–water partition coefficient (Wildman–Crippen LogP) is 3.71. The number of hydrogen-bond donors (Lipinski definition) is 2. The molecule has 1 aromatic heterocycles. The van der Waals surface area contributed by atoms with Gasteiger partial charge >= 0.3 is 0 Å². The van der Waals surface area contributed by atoms with Gasteiger partial charge in [-0.05, 0) is 43.2 Å². The Bertz CT molecular complexity index is 901. The first kappa shape index (κ1) is 20.5. The molecule has 3 rings (SSSR count). The van der Waals surface area contributed by atoms with E-state index >= 15 is 0 Å². The van der Waals surface area contributed by atoms with Crippen molar-refractivity contribution in [1.82, 2.24) is 15.6 Å². The van der Waals surface area contributed by atoms with Crippen LogP contribution in [0.5, 0.6) is 0 Å². The van der Waals surface area contributed by atoms with Crippen molar-refractivity contribution in [2.24, 2.45) is 4.99 Å². The molecular formula is C23H29N5O. The third-order valence-electron chi connectivity index (χ3n) is 4.47. The quantitative estimate of drug-likeness (QED) is 0.453. The van der Waals surface area contributed by atoms with Gasteiger partial charge in [-0.3, -0.25) is 0 Å². The third kappa shape index (κ3) is 6.10. The van der Waals surface area contributed by atoms with Gasteiger partial charge in [0.25, 0.3) is 0 Å². The summed E-state index contributed by atoms with van der Waals surface area (Å²) in [5, 5.41) is 6.66. The molecular weight excluding hydrogens is 362 g/mol. The predicted molar refractivity (Wildman–Crippen MR) is 119 cm³/mol. The number of nitrogens with zero attached hydrogens (tertiary/aromatic N) is 3. The van der Waals surface area contributed by atoms with E-state index in [-0.39, 0.29) is 0 Å². The van der Waals surface area contributed by atoms with Crippen LogP contribution in [0.4, 0.5) is 5.69 Å². The normalized spacial score (nSPS) is 11.3. The first-order chi connectivity index (χ1) is 14.2. The summed E-state index contributed by atoms with van der Waals surface area (Å²) in [7, 11) is 4.10. The second-order valence-corrected chi connectivity index (χ2v) is 6.94. The molecule has 0 aliphatic rings. The molecule has 0 unspecified atom stereocenters. The minimum Gasteiger partial charge on any atom is -0.444 e. The van der Waals surface area contributed by atoms with E-state index in [9.17, 15) is 0 Å². The number of benzene rings is 2. The largest absolute Gasteiger partial charge is 0.444 e. The van der Waals surface area contributed by atoms with E-state index in [4.69, 9.17) is 4.42 Å². The molecule has 0 aliphatic carbocycles. The fourth-order valence-corrected chi connectivity index (χ4v) is 2.88. The van der Waals surface area contributed by atoms with Gasteiger partial charge in [0.15, 0.2) is 5.96 Å². The highest BCUT2D eigenvalue weighted by Crippen LogP contribution is 2.18. The monoisotopic (exact) mass is 391 g/mol. The Labute approximate surface area is 172 Å². The number of aliphatic imine (C=N–C) groups is 1. The number of rotatable bonds is 8. The minimum atomic E-state index is 0.462. The third-order valence-corrected chi connectivity index (χ3v) is 4.47. The molecule has 0 atom stereocenters. The van der Waals surface area contributed by atoms with E-state index in [1.54, 1.807) is 6.26 Å². The summed E-state index contributed by atoms with van der Waals surface area (Å²) in [6.45, 7) is 4.13. The van der Waals surface area contributed by atoms with Crippen molar-refractivity contribution in [3.8, 4) is 11.5 Å². The van der Waals surface area contributed by atoms with E-state index in [0.717, 1.165) is 36.7 Å². The first-order valence-electron chi connectivity index (χ1n) is 9.94. The number of guanidine groups is 1. The topological polar surface area (TPSA) is 65.7 Å². The zero-order chi connectivity index (χ0) is 20.5. The van der Waals surface area contributed by atoms with Crippen molar-refractivity contribution < 1.29 is 4.42 Å². The summed E-state index contributed by atoms with van der Waals surface area (Å²) in [5.41, 5.74) is 4.27. The second-order valence-electron chi connectivity index (χ2n) is 6.94. The van der Waals surface area contributed by atoms with E-state index < -0.39 is 0 Å². The standard InChI is InChI=1S/C23H29N5O/c1-4-24-23(25-15-14-18-10-12-21(13-11-18)28(2)3)26-16-20-17-29-22(27-20)19-8-6-5-7-9-19/h5-13,17H,4,14-16H2,1-3H3,(H2,24,25,26). The molecule has 1 heterocycles. The van der Waals surface area contributed by atoms with E-state index in [1.807, 2.05) is 44.4 Å². The molecule has 0 aliphatic heterocycles. The Morgan fingerprint density at radius 2 is 1.79 bits per heavy atom. The van der Waals surface area contributed by atoms with Crippen LogP contribution in [-0.4, -0.2) is 38.1 Å². The summed E-state index contributed by atoms with van der Waals surface area (Å²) >= 11 is 0. The molecule has 6 heteroatoms. The SMILES string of the molecule is CCNC(=NCc1coc(-c2ccccc2)n1)NCCc1ccc(N(C)C)cc1. The van der Waals surface area contributed by atoms with Gasteiger partial charge in [0.2, 0.25) is 5.89 Å². The van der Waals surface area contributed by atoms with Crippen molar-refractivity contribution >= 4 is 11.6 Å². The molecule has 0 bridgehead atoms. The smallest absolute Gasteiger partial charge is 0.226 e. The highest BCUT2D eigenvalue weighted by molar-refractivity contribution is 5.79. The van der Waals surface area contributed by atoms with Crippen LogP contribution in [0.3, 0.4) is 0 Å². The molecule has 0 saturated heterocycles. The summed E-state index contributed by atoms with van der Waals surface area (Å²) in [6.07, 6.45) is 2.60. The summed E-state index contributed by atoms with van der Waals surface area (Å²) < 4.78 is 5.58. The average molecular weight is 392 g/mol. The lowest BCUT2D eigenvalue weighted by molar-refractivity contribution is 0.572. The molecule has 0 saturated carbocycles. The molecule has 3 aromatic rings. The van der Waals surface area contributed by atoms with Gasteiger partial charge in [0.05, 0.1) is 6.54 Å². The van der Waals surface area contributed by atoms with Gasteiger partial charge in [-0.25, -0.2) is 9.98 Å².